The maximum atomic E-state index is 11.0. The Balaban J connectivity index is 3.24. The first-order chi connectivity index (χ1) is 9.59. The summed E-state index contributed by atoms with van der Waals surface area (Å²) in [6.45, 7) is 2.39. The van der Waals surface area contributed by atoms with E-state index in [9.17, 15) is 9.59 Å². The van der Waals surface area contributed by atoms with Gasteiger partial charge in [0.25, 0.3) is 0 Å². The smallest absolute Gasteiger partial charge is 0.346 e. The number of carbonyl (C=O) groups excluding carboxylic acids is 1. The zero-order valence-electron chi connectivity index (χ0n) is 12.5. The molecule has 0 saturated heterocycles. The van der Waals surface area contributed by atoms with Crippen molar-refractivity contribution in [2.75, 3.05) is 6.61 Å². The first kappa shape index (κ1) is 18.9. The number of carbonyl (C=O) groups is 2. The van der Waals surface area contributed by atoms with Crippen LogP contribution in [0, 0.1) is 0 Å². The van der Waals surface area contributed by atoms with Crippen molar-refractivity contribution in [3.63, 3.8) is 0 Å². The number of aliphatic hydroxyl groups is 1. The fourth-order valence-corrected chi connectivity index (χ4v) is 1.94. The molecule has 0 bridgehead atoms. The molecule has 5 heteroatoms. The van der Waals surface area contributed by atoms with Crippen LogP contribution in [0.2, 0.25) is 0 Å². The van der Waals surface area contributed by atoms with Crippen molar-refractivity contribution in [3.05, 3.63) is 0 Å². The van der Waals surface area contributed by atoms with Crippen molar-refractivity contribution >= 4 is 11.9 Å². The molecule has 0 aromatic heterocycles. The molecule has 0 rings (SSSR count). The van der Waals surface area contributed by atoms with Gasteiger partial charge in [-0.1, -0.05) is 64.7 Å². The third kappa shape index (κ3) is 10.8. The number of ether oxygens (including phenoxy) is 1. The molecule has 0 aliphatic rings. The molecular formula is C15H28O5. The maximum Gasteiger partial charge on any atom is 0.346 e. The number of aliphatic carboxylic acids is 1. The highest BCUT2D eigenvalue weighted by Crippen LogP contribution is 2.10. The van der Waals surface area contributed by atoms with Gasteiger partial charge in [0.1, 0.15) is 0 Å². The minimum absolute atomic E-state index is 0.180. The Labute approximate surface area is 121 Å². The molecule has 0 aliphatic carbocycles. The van der Waals surface area contributed by atoms with Crippen molar-refractivity contribution in [2.24, 2.45) is 0 Å². The summed E-state index contributed by atoms with van der Waals surface area (Å²) >= 11 is 0. The van der Waals surface area contributed by atoms with E-state index in [0.717, 1.165) is 12.8 Å². The predicted molar refractivity (Wildman–Crippen MR) is 76.4 cm³/mol. The van der Waals surface area contributed by atoms with E-state index in [2.05, 4.69) is 11.7 Å². The molecule has 5 nitrogen and oxygen atoms in total. The second-order valence-corrected chi connectivity index (χ2v) is 5.09. The van der Waals surface area contributed by atoms with Crippen molar-refractivity contribution in [1.82, 2.24) is 0 Å². The Morgan fingerprint density at radius 1 is 0.900 bits per heavy atom. The van der Waals surface area contributed by atoms with Gasteiger partial charge in [0.2, 0.25) is 6.10 Å². The largest absolute Gasteiger partial charge is 0.479 e. The van der Waals surface area contributed by atoms with Crippen molar-refractivity contribution in [1.29, 1.82) is 0 Å². The van der Waals surface area contributed by atoms with E-state index >= 15 is 0 Å². The van der Waals surface area contributed by atoms with E-state index in [4.69, 9.17) is 10.2 Å². The number of rotatable bonds is 13. The molecule has 1 atom stereocenters. The minimum Gasteiger partial charge on any atom is -0.479 e. The van der Waals surface area contributed by atoms with Crippen LogP contribution in [0.15, 0.2) is 0 Å². The average Bonchev–Trinajstić information content (AvgIpc) is 2.43. The average molecular weight is 288 g/mol. The lowest BCUT2D eigenvalue weighted by atomic mass is 10.1. The standard InChI is InChI=1S/C15H28O5/c1-2-3-4-5-6-7-8-9-10-11-12-20-15(19)13(16)14(17)18/h13,16H,2-12H2,1H3,(H,17,18). The van der Waals surface area contributed by atoms with Crippen LogP contribution in [0.1, 0.15) is 71.1 Å². The molecular weight excluding hydrogens is 260 g/mol. The fourth-order valence-electron chi connectivity index (χ4n) is 1.94. The predicted octanol–water partition coefficient (Wildman–Crippen LogP) is 2.90. The highest BCUT2D eigenvalue weighted by atomic mass is 16.6. The van der Waals surface area contributed by atoms with Crippen molar-refractivity contribution in [3.8, 4) is 0 Å². The van der Waals surface area contributed by atoms with Gasteiger partial charge >= 0.3 is 11.9 Å². The Bertz CT molecular complexity index is 265. The van der Waals surface area contributed by atoms with Gasteiger partial charge in [-0.15, -0.1) is 0 Å². The van der Waals surface area contributed by atoms with Gasteiger partial charge in [-0.05, 0) is 6.42 Å². The summed E-state index contributed by atoms with van der Waals surface area (Å²) in [6, 6.07) is 0. The second-order valence-electron chi connectivity index (χ2n) is 5.09. The zero-order chi connectivity index (χ0) is 15.2. The summed E-state index contributed by atoms with van der Waals surface area (Å²) < 4.78 is 4.67. The number of aliphatic hydroxyl groups excluding tert-OH is 1. The summed E-state index contributed by atoms with van der Waals surface area (Å²) in [7, 11) is 0. The Hall–Kier alpha value is -1.10. The summed E-state index contributed by atoms with van der Waals surface area (Å²) in [5.41, 5.74) is 0. The second kappa shape index (κ2) is 12.9. The Morgan fingerprint density at radius 2 is 1.35 bits per heavy atom. The van der Waals surface area contributed by atoms with Crippen LogP contribution in [-0.2, 0) is 14.3 Å². The number of hydrogen-bond donors (Lipinski definition) is 2. The van der Waals surface area contributed by atoms with E-state index < -0.39 is 18.0 Å². The SMILES string of the molecule is CCCCCCCCCCCCOC(=O)C(O)C(=O)O. The molecule has 0 amide bonds. The molecule has 20 heavy (non-hydrogen) atoms. The Kier molecular flexibility index (Phi) is 12.2. The molecule has 0 aliphatic heterocycles. The van der Waals surface area contributed by atoms with Gasteiger partial charge in [0.05, 0.1) is 6.61 Å². The van der Waals surface area contributed by atoms with Gasteiger partial charge in [-0.3, -0.25) is 0 Å². The molecule has 0 spiro atoms. The van der Waals surface area contributed by atoms with Crippen LogP contribution in [0.5, 0.6) is 0 Å². The summed E-state index contributed by atoms with van der Waals surface area (Å²) in [5, 5.41) is 17.3. The molecule has 118 valence electrons. The van der Waals surface area contributed by atoms with Gasteiger partial charge < -0.3 is 14.9 Å². The van der Waals surface area contributed by atoms with Crippen LogP contribution in [0.3, 0.4) is 0 Å². The summed E-state index contributed by atoms with van der Waals surface area (Å²) in [6.07, 6.45) is 9.71. The highest BCUT2D eigenvalue weighted by Gasteiger charge is 2.24. The Morgan fingerprint density at radius 3 is 1.80 bits per heavy atom. The summed E-state index contributed by atoms with van der Waals surface area (Å²) in [5.74, 6) is -2.65. The normalized spacial score (nSPS) is 12.1. The molecule has 1 unspecified atom stereocenters. The van der Waals surface area contributed by atoms with E-state index in [-0.39, 0.29) is 6.61 Å². The topological polar surface area (TPSA) is 83.8 Å². The number of unbranched alkanes of at least 4 members (excludes halogenated alkanes) is 9. The van der Waals surface area contributed by atoms with Gasteiger partial charge in [-0.2, -0.15) is 0 Å². The van der Waals surface area contributed by atoms with Crippen molar-refractivity contribution in [2.45, 2.75) is 77.2 Å². The lowest BCUT2D eigenvalue weighted by Gasteiger charge is -2.06. The molecule has 0 aromatic carbocycles. The van der Waals surface area contributed by atoms with Gasteiger partial charge in [0, 0.05) is 0 Å². The molecule has 0 radical (unpaired) electrons. The van der Waals surface area contributed by atoms with E-state index in [1.807, 2.05) is 0 Å². The molecule has 0 fully saturated rings. The van der Waals surface area contributed by atoms with Crippen LogP contribution in [0.25, 0.3) is 0 Å². The molecule has 0 heterocycles. The number of carboxylic acid groups (broad SMARTS) is 1. The lowest BCUT2D eigenvalue weighted by Crippen LogP contribution is -2.31. The first-order valence-electron chi connectivity index (χ1n) is 7.67. The fraction of sp³-hybridized carbons (Fsp3) is 0.867. The highest BCUT2D eigenvalue weighted by molar-refractivity contribution is 5.96. The quantitative estimate of drug-likeness (QED) is 0.309. The summed E-state index contributed by atoms with van der Waals surface area (Å²) in [4.78, 5) is 21.3. The molecule has 0 aromatic rings. The first-order valence-corrected chi connectivity index (χ1v) is 7.67. The van der Waals surface area contributed by atoms with Gasteiger partial charge in [0.15, 0.2) is 0 Å². The van der Waals surface area contributed by atoms with Crippen molar-refractivity contribution < 1.29 is 24.5 Å². The zero-order valence-corrected chi connectivity index (χ0v) is 12.5. The number of esters is 1. The lowest BCUT2D eigenvalue weighted by molar-refractivity contribution is -0.165. The number of carboxylic acids is 1. The van der Waals surface area contributed by atoms with E-state index in [0.29, 0.717) is 6.42 Å². The van der Waals surface area contributed by atoms with E-state index in [1.165, 1.54) is 44.9 Å². The van der Waals surface area contributed by atoms with Crippen LogP contribution < -0.4 is 0 Å². The molecule has 2 N–H and O–H groups in total. The van der Waals surface area contributed by atoms with Gasteiger partial charge in [-0.25, -0.2) is 9.59 Å². The van der Waals surface area contributed by atoms with Crippen LogP contribution in [-0.4, -0.2) is 34.9 Å². The third-order valence-electron chi connectivity index (χ3n) is 3.20. The molecule has 0 saturated carbocycles. The van der Waals surface area contributed by atoms with Crippen LogP contribution in [0.4, 0.5) is 0 Å². The monoisotopic (exact) mass is 288 g/mol. The number of hydrogen-bond acceptors (Lipinski definition) is 4. The third-order valence-corrected chi connectivity index (χ3v) is 3.20. The minimum atomic E-state index is -2.06. The maximum absolute atomic E-state index is 11.0. The van der Waals surface area contributed by atoms with Crippen LogP contribution >= 0.6 is 0 Å². The van der Waals surface area contributed by atoms with E-state index in [1.54, 1.807) is 0 Å².